The summed E-state index contributed by atoms with van der Waals surface area (Å²) in [4.78, 5) is 4.53. The highest BCUT2D eigenvalue weighted by Gasteiger charge is 2.16. The van der Waals surface area contributed by atoms with E-state index in [0.717, 1.165) is 54.6 Å². The van der Waals surface area contributed by atoms with Gasteiger partial charge in [0.25, 0.3) is 0 Å². The number of nitrogens with zero attached hydrogens (tertiary/aromatic N) is 2. The van der Waals surface area contributed by atoms with Gasteiger partial charge in [0.1, 0.15) is 12.4 Å². The Morgan fingerprint density at radius 2 is 1.92 bits per heavy atom. The molecule has 1 unspecified atom stereocenters. The summed E-state index contributed by atoms with van der Waals surface area (Å²) < 4.78 is 11.2. The molecule has 3 aromatic rings. The highest BCUT2D eigenvalue weighted by molar-refractivity contribution is 5.55. The molecule has 1 aromatic heterocycles. The van der Waals surface area contributed by atoms with E-state index in [2.05, 4.69) is 27.6 Å². The molecule has 2 heterocycles. The summed E-state index contributed by atoms with van der Waals surface area (Å²) in [5, 5.41) is 7.50. The lowest BCUT2D eigenvalue weighted by Crippen LogP contribution is -2.09. The maximum absolute atomic E-state index is 5.81. The van der Waals surface area contributed by atoms with Gasteiger partial charge in [-0.1, -0.05) is 35.5 Å². The van der Waals surface area contributed by atoms with Gasteiger partial charge >= 0.3 is 0 Å². The third-order valence-electron chi connectivity index (χ3n) is 4.76. The first-order valence-corrected chi connectivity index (χ1v) is 9.17. The van der Waals surface area contributed by atoms with Gasteiger partial charge in [-0.15, -0.1) is 0 Å². The first-order valence-electron chi connectivity index (χ1n) is 9.17. The quantitative estimate of drug-likeness (QED) is 0.702. The van der Waals surface area contributed by atoms with Gasteiger partial charge in [0.2, 0.25) is 11.7 Å². The average molecular weight is 349 g/mol. The van der Waals surface area contributed by atoms with E-state index in [9.17, 15) is 0 Å². The molecule has 1 N–H and O–H groups in total. The van der Waals surface area contributed by atoms with Crippen molar-refractivity contribution in [1.29, 1.82) is 0 Å². The van der Waals surface area contributed by atoms with Gasteiger partial charge in [-0.2, -0.15) is 4.98 Å². The maximum atomic E-state index is 5.81. The van der Waals surface area contributed by atoms with Gasteiger partial charge in [-0.25, -0.2) is 0 Å². The molecule has 1 aliphatic rings. The molecule has 0 bridgehead atoms. The normalized spacial score (nSPS) is 16.7. The van der Waals surface area contributed by atoms with Gasteiger partial charge in [0.05, 0.1) is 0 Å². The number of benzene rings is 2. The standard InChI is InChI=1S/C21H23N3O2/c1-2-4-17(5-3-1)15-25-19-9-7-18(8-10-19)21-23-20(26-24-21)11-6-16-12-13-22-14-16/h1-5,7-10,16,22H,6,11-15H2. The average Bonchev–Trinajstić information content (AvgIpc) is 3.38. The first-order chi connectivity index (χ1) is 12.9. The third-order valence-corrected chi connectivity index (χ3v) is 4.76. The lowest BCUT2D eigenvalue weighted by Gasteiger charge is -2.06. The Morgan fingerprint density at radius 1 is 1.08 bits per heavy atom. The lowest BCUT2D eigenvalue weighted by atomic mass is 10.0. The van der Waals surface area contributed by atoms with Crippen LogP contribution in [0.25, 0.3) is 11.4 Å². The molecule has 5 nitrogen and oxygen atoms in total. The van der Waals surface area contributed by atoms with E-state index in [-0.39, 0.29) is 0 Å². The molecule has 2 aromatic carbocycles. The second-order valence-electron chi connectivity index (χ2n) is 6.71. The molecule has 1 fully saturated rings. The Morgan fingerprint density at radius 3 is 2.69 bits per heavy atom. The van der Waals surface area contributed by atoms with Gasteiger partial charge in [-0.05, 0) is 61.7 Å². The zero-order valence-electron chi connectivity index (χ0n) is 14.7. The molecule has 0 amide bonds. The van der Waals surface area contributed by atoms with Crippen molar-refractivity contribution in [3.8, 4) is 17.1 Å². The van der Waals surface area contributed by atoms with Crippen molar-refractivity contribution in [2.75, 3.05) is 13.1 Å². The Bertz CT molecular complexity index is 809. The van der Waals surface area contributed by atoms with Crippen molar-refractivity contribution in [3.63, 3.8) is 0 Å². The van der Waals surface area contributed by atoms with Crippen LogP contribution in [0.5, 0.6) is 5.75 Å². The zero-order chi connectivity index (χ0) is 17.6. The van der Waals surface area contributed by atoms with Crippen LogP contribution in [0.2, 0.25) is 0 Å². The minimum absolute atomic E-state index is 0.558. The molecule has 0 radical (unpaired) electrons. The second kappa shape index (κ2) is 8.15. The van der Waals surface area contributed by atoms with Crippen molar-refractivity contribution in [2.45, 2.75) is 25.9 Å². The summed E-state index contributed by atoms with van der Waals surface area (Å²) in [7, 11) is 0. The van der Waals surface area contributed by atoms with Crippen molar-refractivity contribution < 1.29 is 9.26 Å². The van der Waals surface area contributed by atoms with Crippen LogP contribution in [0.15, 0.2) is 59.1 Å². The van der Waals surface area contributed by atoms with E-state index in [4.69, 9.17) is 9.26 Å². The monoisotopic (exact) mass is 349 g/mol. The van der Waals surface area contributed by atoms with E-state index in [0.29, 0.717) is 12.4 Å². The summed E-state index contributed by atoms with van der Waals surface area (Å²) in [6.45, 7) is 2.78. The van der Waals surface area contributed by atoms with Crippen molar-refractivity contribution in [2.24, 2.45) is 5.92 Å². The lowest BCUT2D eigenvalue weighted by molar-refractivity contribution is 0.306. The number of aromatic nitrogens is 2. The molecule has 5 heteroatoms. The van der Waals surface area contributed by atoms with E-state index in [1.54, 1.807) is 0 Å². The van der Waals surface area contributed by atoms with Crippen LogP contribution >= 0.6 is 0 Å². The molecule has 0 saturated carbocycles. The van der Waals surface area contributed by atoms with Crippen LogP contribution in [0, 0.1) is 5.92 Å². The molecule has 134 valence electrons. The zero-order valence-corrected chi connectivity index (χ0v) is 14.7. The van der Waals surface area contributed by atoms with Crippen molar-refractivity contribution >= 4 is 0 Å². The SMILES string of the molecule is c1ccc(COc2ccc(-c3noc(CCC4CCNC4)n3)cc2)cc1. The molecular weight excluding hydrogens is 326 g/mol. The summed E-state index contributed by atoms with van der Waals surface area (Å²) in [5.74, 6) is 2.91. The van der Waals surface area contributed by atoms with Crippen LogP contribution in [0.4, 0.5) is 0 Å². The Hall–Kier alpha value is -2.66. The number of aryl methyl sites for hydroxylation is 1. The molecular formula is C21H23N3O2. The second-order valence-corrected chi connectivity index (χ2v) is 6.71. The number of hydrogen-bond donors (Lipinski definition) is 1. The van der Waals surface area contributed by atoms with Gasteiger partial charge in [0, 0.05) is 12.0 Å². The largest absolute Gasteiger partial charge is 0.489 e. The van der Waals surface area contributed by atoms with Gasteiger partial charge < -0.3 is 14.6 Å². The number of ether oxygens (including phenoxy) is 1. The molecule has 0 spiro atoms. The molecule has 26 heavy (non-hydrogen) atoms. The predicted octanol–water partition coefficient (Wildman–Crippen LogP) is 3.86. The van der Waals surface area contributed by atoms with Crippen LogP contribution in [-0.2, 0) is 13.0 Å². The Balaban J connectivity index is 1.33. The van der Waals surface area contributed by atoms with Crippen LogP contribution < -0.4 is 10.1 Å². The smallest absolute Gasteiger partial charge is 0.226 e. The third kappa shape index (κ3) is 4.29. The molecule has 0 aliphatic carbocycles. The van der Waals surface area contributed by atoms with Crippen LogP contribution in [0.3, 0.4) is 0 Å². The minimum atomic E-state index is 0.558. The molecule has 1 saturated heterocycles. The maximum Gasteiger partial charge on any atom is 0.226 e. The highest BCUT2D eigenvalue weighted by Crippen LogP contribution is 2.22. The Kier molecular flexibility index (Phi) is 5.26. The van der Waals surface area contributed by atoms with E-state index >= 15 is 0 Å². The minimum Gasteiger partial charge on any atom is -0.489 e. The first kappa shape index (κ1) is 16.8. The summed E-state index contributed by atoms with van der Waals surface area (Å²) in [5.41, 5.74) is 2.09. The summed E-state index contributed by atoms with van der Waals surface area (Å²) in [6.07, 6.45) is 3.18. The van der Waals surface area contributed by atoms with E-state index in [1.165, 1.54) is 6.42 Å². The molecule has 4 rings (SSSR count). The Labute approximate surface area is 153 Å². The molecule has 1 aliphatic heterocycles. The topological polar surface area (TPSA) is 60.2 Å². The number of nitrogens with one attached hydrogen (secondary N) is 1. The van der Waals surface area contributed by atoms with Gasteiger partial charge in [-0.3, -0.25) is 0 Å². The predicted molar refractivity (Wildman–Crippen MR) is 99.8 cm³/mol. The number of hydrogen-bond acceptors (Lipinski definition) is 5. The number of rotatable bonds is 7. The van der Waals surface area contributed by atoms with Gasteiger partial charge in [0.15, 0.2) is 0 Å². The van der Waals surface area contributed by atoms with Crippen LogP contribution in [-0.4, -0.2) is 23.2 Å². The fraction of sp³-hybridized carbons (Fsp3) is 0.333. The van der Waals surface area contributed by atoms with Crippen molar-refractivity contribution in [3.05, 3.63) is 66.1 Å². The fourth-order valence-electron chi connectivity index (χ4n) is 3.20. The van der Waals surface area contributed by atoms with Crippen molar-refractivity contribution in [1.82, 2.24) is 15.5 Å². The molecule has 1 atom stereocenters. The fourth-order valence-corrected chi connectivity index (χ4v) is 3.20. The van der Waals surface area contributed by atoms with E-state index < -0.39 is 0 Å². The summed E-state index contributed by atoms with van der Waals surface area (Å²) >= 11 is 0. The van der Waals surface area contributed by atoms with E-state index in [1.807, 2.05) is 42.5 Å². The van der Waals surface area contributed by atoms with Crippen LogP contribution in [0.1, 0.15) is 24.3 Å². The summed E-state index contributed by atoms with van der Waals surface area (Å²) in [6, 6.07) is 18.0. The highest BCUT2D eigenvalue weighted by atomic mass is 16.5.